The molecule has 0 spiro atoms. The molecule has 172 valence electrons. The van der Waals surface area contributed by atoms with Crippen LogP contribution in [0.2, 0.25) is 0 Å². The molecule has 3 heterocycles. The van der Waals surface area contributed by atoms with Crippen molar-refractivity contribution in [2.24, 2.45) is 11.8 Å². The molecule has 1 aromatic carbocycles. The second-order valence-corrected chi connectivity index (χ2v) is 10.4. The van der Waals surface area contributed by atoms with E-state index in [-0.39, 0.29) is 17.9 Å². The fraction of sp³-hybridized carbons (Fsp3) is 0.440. The van der Waals surface area contributed by atoms with Gasteiger partial charge in [0.1, 0.15) is 5.69 Å². The number of hydrogen-bond donors (Lipinski definition) is 1. The van der Waals surface area contributed by atoms with Crippen molar-refractivity contribution in [2.75, 3.05) is 13.1 Å². The van der Waals surface area contributed by atoms with Crippen LogP contribution in [0.4, 0.5) is 0 Å². The van der Waals surface area contributed by atoms with Gasteiger partial charge in [-0.05, 0) is 51.5 Å². The zero-order valence-corrected chi connectivity index (χ0v) is 20.3. The van der Waals surface area contributed by atoms with E-state index in [0.29, 0.717) is 29.6 Å². The van der Waals surface area contributed by atoms with Crippen LogP contribution in [0.5, 0.6) is 0 Å². The molecule has 8 heteroatoms. The number of hydrogen-bond acceptors (Lipinski definition) is 5. The highest BCUT2D eigenvalue weighted by Crippen LogP contribution is 2.50. The van der Waals surface area contributed by atoms with Gasteiger partial charge in [-0.3, -0.25) is 14.3 Å². The van der Waals surface area contributed by atoms with Crippen molar-refractivity contribution in [3.8, 4) is 10.4 Å². The maximum atomic E-state index is 13.7. The van der Waals surface area contributed by atoms with E-state index in [4.69, 9.17) is 0 Å². The van der Waals surface area contributed by atoms with Crippen LogP contribution in [0.25, 0.3) is 10.4 Å². The maximum Gasteiger partial charge on any atom is 0.274 e. The zero-order chi connectivity index (χ0) is 23.3. The first-order chi connectivity index (χ1) is 15.9. The number of carbonyl (C=O) groups is 2. The Balaban J connectivity index is 1.35. The van der Waals surface area contributed by atoms with Gasteiger partial charge in [0, 0.05) is 25.8 Å². The van der Waals surface area contributed by atoms with Gasteiger partial charge >= 0.3 is 0 Å². The third-order valence-corrected chi connectivity index (χ3v) is 7.79. The van der Waals surface area contributed by atoms with Crippen molar-refractivity contribution < 1.29 is 9.59 Å². The second-order valence-electron chi connectivity index (χ2n) is 9.16. The van der Waals surface area contributed by atoms with Gasteiger partial charge in [-0.1, -0.05) is 29.8 Å². The van der Waals surface area contributed by atoms with Crippen LogP contribution in [-0.4, -0.2) is 50.6 Å². The summed E-state index contributed by atoms with van der Waals surface area (Å²) in [7, 11) is 0. The lowest BCUT2D eigenvalue weighted by Crippen LogP contribution is -2.45. The average Bonchev–Trinajstić information content (AvgIpc) is 3.11. The summed E-state index contributed by atoms with van der Waals surface area (Å²) in [5, 5.41) is 8.32. The summed E-state index contributed by atoms with van der Waals surface area (Å²) in [5.41, 5.74) is 4.03. The van der Waals surface area contributed by atoms with E-state index in [1.54, 1.807) is 22.2 Å². The normalized spacial score (nSPS) is 21.2. The van der Waals surface area contributed by atoms with Crippen LogP contribution in [0.15, 0.2) is 30.5 Å². The predicted molar refractivity (Wildman–Crippen MR) is 128 cm³/mol. The van der Waals surface area contributed by atoms with Gasteiger partial charge < -0.3 is 10.2 Å². The highest BCUT2D eigenvalue weighted by molar-refractivity contribution is 7.15. The fourth-order valence-corrected chi connectivity index (χ4v) is 5.86. The van der Waals surface area contributed by atoms with Crippen LogP contribution in [0, 0.1) is 32.6 Å². The first-order valence-electron chi connectivity index (χ1n) is 11.5. The standard InChI is InChI=1S/C25H29N5O2S/c1-5-29-13-20(15(3)28-29)24(31)26-11-21-19-10-18(19)12-30(21)25(32)22-23(33-16(4)27-22)17-8-6-7-14(2)9-17/h6-9,13,18-19,21H,5,10-12H2,1-4H3,(H,26,31)/t18-,19-,21-/m1/s1. The minimum Gasteiger partial charge on any atom is -0.350 e. The molecule has 7 nitrogen and oxygen atoms in total. The number of nitrogens with one attached hydrogen (secondary N) is 1. The van der Waals surface area contributed by atoms with Gasteiger partial charge in [0.2, 0.25) is 0 Å². The first kappa shape index (κ1) is 21.8. The highest BCUT2D eigenvalue weighted by Gasteiger charge is 2.54. The Morgan fingerprint density at radius 3 is 2.79 bits per heavy atom. The van der Waals surface area contributed by atoms with E-state index < -0.39 is 0 Å². The Bertz CT molecular complexity index is 1230. The molecule has 1 saturated carbocycles. The predicted octanol–water partition coefficient (Wildman–Crippen LogP) is 3.84. The third kappa shape index (κ3) is 4.08. The molecular formula is C25H29N5O2S. The van der Waals surface area contributed by atoms with Crippen LogP contribution < -0.4 is 5.32 Å². The van der Waals surface area contributed by atoms with E-state index in [0.717, 1.165) is 46.2 Å². The Morgan fingerprint density at radius 2 is 2.06 bits per heavy atom. The SMILES string of the molecule is CCn1cc(C(=O)NC[C@@H]2[C@@H]3C[C@@H]3CN2C(=O)c2nc(C)sc2-c2cccc(C)c2)c(C)n1. The van der Waals surface area contributed by atoms with E-state index in [2.05, 4.69) is 34.5 Å². The molecule has 0 bridgehead atoms. The first-order valence-corrected chi connectivity index (χ1v) is 12.3. The largest absolute Gasteiger partial charge is 0.350 e. The van der Waals surface area contributed by atoms with Crippen molar-refractivity contribution in [2.45, 2.75) is 46.7 Å². The van der Waals surface area contributed by atoms with Crippen LogP contribution in [-0.2, 0) is 6.54 Å². The molecule has 3 aromatic rings. The molecule has 2 aliphatic rings. The molecule has 3 atom stereocenters. The summed E-state index contributed by atoms with van der Waals surface area (Å²) in [6.07, 6.45) is 2.91. The number of fused-ring (bicyclic) bond motifs is 1. The van der Waals surface area contributed by atoms with Gasteiger partial charge in [-0.15, -0.1) is 11.3 Å². The number of thiazole rings is 1. The van der Waals surface area contributed by atoms with Crippen molar-refractivity contribution >= 4 is 23.2 Å². The van der Waals surface area contributed by atoms with Crippen molar-refractivity contribution in [3.63, 3.8) is 0 Å². The summed E-state index contributed by atoms with van der Waals surface area (Å²) in [6, 6.07) is 8.20. The molecule has 5 rings (SSSR count). The van der Waals surface area contributed by atoms with Gasteiger partial charge in [-0.2, -0.15) is 5.10 Å². The van der Waals surface area contributed by atoms with Gasteiger partial charge in [0.05, 0.1) is 27.2 Å². The molecular weight excluding hydrogens is 434 g/mol. The van der Waals surface area contributed by atoms with Crippen molar-refractivity contribution in [1.29, 1.82) is 0 Å². The number of amides is 2. The zero-order valence-electron chi connectivity index (χ0n) is 19.5. The van der Waals surface area contributed by atoms with Crippen molar-refractivity contribution in [1.82, 2.24) is 25.0 Å². The Hall–Kier alpha value is -3.00. The van der Waals surface area contributed by atoms with Gasteiger partial charge in [0.25, 0.3) is 11.8 Å². The third-order valence-electron chi connectivity index (χ3n) is 6.77. The lowest BCUT2D eigenvalue weighted by molar-refractivity contribution is 0.0690. The van der Waals surface area contributed by atoms with Crippen LogP contribution in [0.3, 0.4) is 0 Å². The number of piperidine rings is 1. The topological polar surface area (TPSA) is 80.1 Å². The molecule has 33 heavy (non-hydrogen) atoms. The molecule has 2 fully saturated rings. The monoisotopic (exact) mass is 463 g/mol. The number of aryl methyl sites for hydroxylation is 4. The smallest absolute Gasteiger partial charge is 0.274 e. The second kappa shape index (κ2) is 8.41. The number of benzene rings is 1. The van der Waals surface area contributed by atoms with Gasteiger partial charge in [-0.25, -0.2) is 4.98 Å². The summed E-state index contributed by atoms with van der Waals surface area (Å²) in [4.78, 5) is 34.0. The molecule has 0 radical (unpaired) electrons. The molecule has 2 aromatic heterocycles. The van der Waals surface area contributed by atoms with E-state index in [9.17, 15) is 9.59 Å². The lowest BCUT2D eigenvalue weighted by Gasteiger charge is -2.27. The van der Waals surface area contributed by atoms with Gasteiger partial charge in [0.15, 0.2) is 0 Å². The lowest BCUT2D eigenvalue weighted by atomic mass is 10.1. The van der Waals surface area contributed by atoms with Crippen LogP contribution in [0.1, 0.15) is 50.5 Å². The summed E-state index contributed by atoms with van der Waals surface area (Å²) < 4.78 is 1.77. The Kier molecular flexibility index (Phi) is 5.56. The summed E-state index contributed by atoms with van der Waals surface area (Å²) in [6.45, 7) is 9.75. The Labute approximate surface area is 197 Å². The Morgan fingerprint density at radius 1 is 1.24 bits per heavy atom. The molecule has 1 aliphatic heterocycles. The molecule has 1 aliphatic carbocycles. The quantitative estimate of drug-likeness (QED) is 0.602. The molecule has 2 amide bonds. The number of aromatic nitrogens is 3. The van der Waals surface area contributed by atoms with E-state index >= 15 is 0 Å². The van der Waals surface area contributed by atoms with E-state index in [1.165, 1.54) is 0 Å². The van der Waals surface area contributed by atoms with Crippen LogP contribution >= 0.6 is 11.3 Å². The minimum absolute atomic E-state index is 0.000316. The summed E-state index contributed by atoms with van der Waals surface area (Å²) in [5.74, 6) is 0.824. The number of carbonyl (C=O) groups excluding carboxylic acids is 2. The number of nitrogens with zero attached hydrogens (tertiary/aromatic N) is 4. The highest BCUT2D eigenvalue weighted by atomic mass is 32.1. The average molecular weight is 464 g/mol. The van der Waals surface area contributed by atoms with Crippen molar-refractivity contribution in [3.05, 3.63) is 58.0 Å². The fourth-order valence-electron chi connectivity index (χ4n) is 4.95. The minimum atomic E-state index is -0.131. The number of likely N-dealkylation sites (tertiary alicyclic amines) is 1. The maximum absolute atomic E-state index is 13.7. The van der Waals surface area contributed by atoms with E-state index in [1.807, 2.05) is 37.8 Å². The molecule has 1 N–H and O–H groups in total. The molecule has 0 unspecified atom stereocenters. The number of rotatable bonds is 6. The molecule has 1 saturated heterocycles. The summed E-state index contributed by atoms with van der Waals surface area (Å²) >= 11 is 1.56.